The Bertz CT molecular complexity index is 139. The fourth-order valence-electron chi connectivity index (χ4n) is 1.45. The second kappa shape index (κ2) is 3.83. The summed E-state index contributed by atoms with van der Waals surface area (Å²) in [5.74, 6) is 0.0998. The Kier molecular flexibility index (Phi) is 3.02. The van der Waals surface area contributed by atoms with E-state index >= 15 is 0 Å². The zero-order chi connectivity index (χ0) is 8.27. The van der Waals surface area contributed by atoms with Crippen LogP contribution in [0, 0.1) is 5.92 Å². The summed E-state index contributed by atoms with van der Waals surface area (Å²) in [5.41, 5.74) is 0. The van der Waals surface area contributed by atoms with Crippen LogP contribution in [0.15, 0.2) is 0 Å². The van der Waals surface area contributed by atoms with Crippen molar-refractivity contribution in [3.8, 4) is 0 Å². The third kappa shape index (κ3) is 2.27. The topological polar surface area (TPSA) is 49.3 Å². The number of rotatable bonds is 2. The molecule has 0 radical (unpaired) electrons. The van der Waals surface area contributed by atoms with Crippen LogP contribution in [0.5, 0.6) is 0 Å². The lowest BCUT2D eigenvalue weighted by Crippen LogP contribution is -2.35. The average Bonchev–Trinajstić information content (AvgIpc) is 2.05. The van der Waals surface area contributed by atoms with Gasteiger partial charge >= 0.3 is 0 Å². The van der Waals surface area contributed by atoms with Gasteiger partial charge in [0.25, 0.3) is 0 Å². The molecule has 1 aliphatic heterocycles. The molecule has 0 saturated carbocycles. The van der Waals surface area contributed by atoms with Crippen LogP contribution in [0.25, 0.3) is 0 Å². The van der Waals surface area contributed by atoms with E-state index in [2.05, 4.69) is 5.32 Å². The van der Waals surface area contributed by atoms with Crippen LogP contribution < -0.4 is 5.32 Å². The minimum absolute atomic E-state index is 0.00602. The van der Waals surface area contributed by atoms with E-state index in [1.807, 2.05) is 0 Å². The average molecular weight is 157 g/mol. The number of piperidine rings is 1. The monoisotopic (exact) mass is 157 g/mol. The van der Waals surface area contributed by atoms with Gasteiger partial charge in [-0.2, -0.15) is 0 Å². The van der Waals surface area contributed by atoms with Crippen LogP contribution >= 0.6 is 0 Å². The summed E-state index contributed by atoms with van der Waals surface area (Å²) in [6.07, 6.45) is 0.978. The lowest BCUT2D eigenvalue weighted by Gasteiger charge is -2.22. The van der Waals surface area contributed by atoms with Crippen molar-refractivity contribution in [2.75, 3.05) is 13.1 Å². The quantitative estimate of drug-likeness (QED) is 0.590. The van der Waals surface area contributed by atoms with Crippen LogP contribution in [0.1, 0.15) is 19.8 Å². The van der Waals surface area contributed by atoms with Gasteiger partial charge in [-0.1, -0.05) is 0 Å². The van der Waals surface area contributed by atoms with Gasteiger partial charge in [-0.25, -0.2) is 0 Å². The fraction of sp³-hybridized carbons (Fsp3) is 0.875. The maximum Gasteiger partial charge on any atom is 0.164 e. The summed E-state index contributed by atoms with van der Waals surface area (Å²) in [4.78, 5) is 11.2. The highest BCUT2D eigenvalue weighted by Gasteiger charge is 2.23. The molecule has 11 heavy (non-hydrogen) atoms. The Labute approximate surface area is 66.8 Å². The summed E-state index contributed by atoms with van der Waals surface area (Å²) < 4.78 is 0. The Morgan fingerprint density at radius 1 is 1.55 bits per heavy atom. The molecule has 1 saturated heterocycles. The molecule has 3 nitrogen and oxygen atoms in total. The van der Waals surface area contributed by atoms with Crippen molar-refractivity contribution in [1.29, 1.82) is 0 Å². The first-order chi connectivity index (χ1) is 5.22. The smallest absolute Gasteiger partial charge is 0.164 e. The molecule has 1 fully saturated rings. The van der Waals surface area contributed by atoms with Gasteiger partial charge < -0.3 is 10.4 Å². The van der Waals surface area contributed by atoms with Crippen LogP contribution in [-0.4, -0.2) is 30.1 Å². The van der Waals surface area contributed by atoms with Crippen molar-refractivity contribution >= 4 is 5.78 Å². The lowest BCUT2D eigenvalue weighted by molar-refractivity contribution is -0.131. The van der Waals surface area contributed by atoms with Gasteiger partial charge in [-0.15, -0.1) is 0 Å². The number of carbonyl (C=O) groups is 1. The molecule has 0 aromatic heterocycles. The highest BCUT2D eigenvalue weighted by Crippen LogP contribution is 2.14. The number of aliphatic hydroxyl groups excluding tert-OH is 1. The first-order valence-corrected chi connectivity index (χ1v) is 4.14. The Hall–Kier alpha value is -0.410. The number of Topliss-reactive ketones (excluding diaryl/α,β-unsaturated/α-hetero) is 1. The van der Waals surface area contributed by atoms with Crippen molar-refractivity contribution in [2.24, 2.45) is 5.92 Å². The van der Waals surface area contributed by atoms with Gasteiger partial charge in [0.05, 0.1) is 0 Å². The molecule has 0 aromatic rings. The van der Waals surface area contributed by atoms with E-state index in [0.717, 1.165) is 25.9 Å². The molecule has 0 unspecified atom stereocenters. The van der Waals surface area contributed by atoms with Crippen molar-refractivity contribution in [2.45, 2.75) is 25.9 Å². The summed E-state index contributed by atoms with van der Waals surface area (Å²) in [6, 6.07) is 0. The summed E-state index contributed by atoms with van der Waals surface area (Å²) in [7, 11) is 0. The molecular formula is C8H15NO2. The maximum absolute atomic E-state index is 11.2. The minimum Gasteiger partial charge on any atom is -0.386 e. The molecule has 0 amide bonds. The Balaban J connectivity index is 2.39. The predicted octanol–water partition coefficient (Wildman–Crippen LogP) is -0.0641. The molecule has 3 heteroatoms. The van der Waals surface area contributed by atoms with E-state index in [1.54, 1.807) is 6.92 Å². The number of ketones is 1. The van der Waals surface area contributed by atoms with Crippen molar-refractivity contribution in [3.63, 3.8) is 0 Å². The number of hydrogen-bond acceptors (Lipinski definition) is 3. The molecule has 1 rings (SSSR count). The molecule has 0 aliphatic carbocycles. The van der Waals surface area contributed by atoms with E-state index in [1.165, 1.54) is 0 Å². The van der Waals surface area contributed by atoms with Crippen molar-refractivity contribution in [3.05, 3.63) is 0 Å². The fourth-order valence-corrected chi connectivity index (χ4v) is 1.45. The number of carbonyl (C=O) groups excluding carboxylic acids is 1. The SMILES string of the molecule is C[C@@H](O)C(=O)C1CCNCC1. The van der Waals surface area contributed by atoms with E-state index in [9.17, 15) is 4.79 Å². The van der Waals surface area contributed by atoms with Gasteiger partial charge in [0.2, 0.25) is 0 Å². The van der Waals surface area contributed by atoms with Crippen LogP contribution in [0.3, 0.4) is 0 Å². The van der Waals surface area contributed by atoms with Gasteiger partial charge in [0.15, 0.2) is 5.78 Å². The zero-order valence-electron chi connectivity index (χ0n) is 6.84. The summed E-state index contributed by atoms with van der Waals surface area (Å²) in [6.45, 7) is 3.36. The molecule has 1 aliphatic rings. The van der Waals surface area contributed by atoms with E-state index in [4.69, 9.17) is 5.11 Å². The number of hydrogen-bond donors (Lipinski definition) is 2. The van der Waals surface area contributed by atoms with Gasteiger partial charge in [-0.3, -0.25) is 4.79 Å². The highest BCUT2D eigenvalue weighted by molar-refractivity contribution is 5.84. The standard InChI is InChI=1S/C8H15NO2/c1-6(10)8(11)7-2-4-9-5-3-7/h6-7,9-10H,2-5H2,1H3/t6-/m1/s1. The molecule has 1 atom stereocenters. The highest BCUT2D eigenvalue weighted by atomic mass is 16.3. The van der Waals surface area contributed by atoms with Gasteiger partial charge in [-0.05, 0) is 32.9 Å². The predicted molar refractivity (Wildman–Crippen MR) is 42.3 cm³/mol. The molecule has 1 heterocycles. The molecule has 0 spiro atoms. The maximum atomic E-state index is 11.2. The van der Waals surface area contributed by atoms with Crippen molar-refractivity contribution in [1.82, 2.24) is 5.32 Å². The second-order valence-electron chi connectivity index (χ2n) is 3.10. The summed E-state index contributed by atoms with van der Waals surface area (Å²) >= 11 is 0. The Morgan fingerprint density at radius 3 is 2.55 bits per heavy atom. The van der Waals surface area contributed by atoms with Crippen LogP contribution in [0.4, 0.5) is 0 Å². The first-order valence-electron chi connectivity index (χ1n) is 4.14. The van der Waals surface area contributed by atoms with Gasteiger partial charge in [0.1, 0.15) is 6.10 Å². The molecular weight excluding hydrogens is 142 g/mol. The van der Waals surface area contributed by atoms with Crippen LogP contribution in [0.2, 0.25) is 0 Å². The van der Waals surface area contributed by atoms with E-state index in [0.29, 0.717) is 0 Å². The molecule has 64 valence electrons. The van der Waals surface area contributed by atoms with Gasteiger partial charge in [0, 0.05) is 5.92 Å². The third-order valence-electron chi connectivity index (χ3n) is 2.15. The third-order valence-corrected chi connectivity index (χ3v) is 2.15. The molecule has 0 aromatic carbocycles. The lowest BCUT2D eigenvalue weighted by atomic mass is 9.91. The largest absolute Gasteiger partial charge is 0.386 e. The normalized spacial score (nSPS) is 23.1. The second-order valence-corrected chi connectivity index (χ2v) is 3.10. The number of nitrogens with one attached hydrogen (secondary N) is 1. The zero-order valence-corrected chi connectivity index (χ0v) is 6.84. The minimum atomic E-state index is -0.780. The van der Waals surface area contributed by atoms with Crippen molar-refractivity contribution < 1.29 is 9.90 Å². The van der Waals surface area contributed by atoms with E-state index < -0.39 is 6.10 Å². The first kappa shape index (κ1) is 8.68. The number of aliphatic hydroxyl groups is 1. The Morgan fingerprint density at radius 2 is 2.09 bits per heavy atom. The molecule has 2 N–H and O–H groups in total. The molecule has 0 bridgehead atoms. The van der Waals surface area contributed by atoms with E-state index in [-0.39, 0.29) is 11.7 Å². The van der Waals surface area contributed by atoms with Crippen LogP contribution in [-0.2, 0) is 4.79 Å². The summed E-state index contributed by atoms with van der Waals surface area (Å²) in [5, 5.41) is 12.2.